The number of nitrogens with one attached hydrogen (secondary N) is 1. The van der Waals surface area contributed by atoms with Gasteiger partial charge in [0, 0.05) is 41.0 Å². The van der Waals surface area contributed by atoms with E-state index in [-0.39, 0.29) is 0 Å². The van der Waals surface area contributed by atoms with Gasteiger partial charge in [-0.2, -0.15) is 0 Å². The zero-order valence-electron chi connectivity index (χ0n) is 22.6. The smallest absolute Gasteiger partial charge is 0.155 e. The maximum atomic E-state index is 5.62. The number of fused-ring (bicyclic) bond motifs is 3. The lowest BCUT2D eigenvalue weighted by molar-refractivity contribution is 0.387. The second kappa shape index (κ2) is 12.6. The van der Waals surface area contributed by atoms with E-state index in [1.54, 1.807) is 14.2 Å². The fourth-order valence-electron chi connectivity index (χ4n) is 4.67. The van der Waals surface area contributed by atoms with Crippen LogP contribution >= 0.6 is 15.9 Å². The van der Waals surface area contributed by atoms with Gasteiger partial charge < -0.3 is 24.3 Å². The summed E-state index contributed by atoms with van der Waals surface area (Å²) in [4.78, 5) is 12.5. The Labute approximate surface area is 228 Å². The molecule has 1 N–H and O–H groups in total. The van der Waals surface area contributed by atoms with Crippen LogP contribution in [-0.4, -0.2) is 54.3 Å². The molecule has 0 aliphatic heterocycles. The van der Waals surface area contributed by atoms with Crippen LogP contribution < -0.4 is 14.8 Å². The zero-order chi connectivity index (χ0) is 26.4. The molecule has 7 nitrogen and oxygen atoms in total. The first kappa shape index (κ1) is 27.2. The minimum atomic E-state index is 0.567. The number of aryl methyl sites for hydroxylation is 2. The fraction of sp³-hybridized carbons (Fsp3) is 0.448. The second-order valence-corrected chi connectivity index (χ2v) is 10.6. The molecule has 2 aromatic heterocycles. The van der Waals surface area contributed by atoms with Crippen molar-refractivity contribution in [2.75, 3.05) is 40.2 Å². The fourth-order valence-corrected chi connectivity index (χ4v) is 5.03. The van der Waals surface area contributed by atoms with Crippen LogP contribution in [0.1, 0.15) is 44.0 Å². The van der Waals surface area contributed by atoms with Gasteiger partial charge in [-0.3, -0.25) is 0 Å². The number of unbranched alkanes of at least 4 members (excludes halogenated alkanes) is 2. The lowest BCUT2D eigenvalue weighted by Crippen LogP contribution is -2.14. The minimum Gasteiger partial charge on any atom is -0.497 e. The second-order valence-electron chi connectivity index (χ2n) is 9.64. The molecule has 8 heteroatoms. The lowest BCUT2D eigenvalue weighted by atomic mass is 10.1. The van der Waals surface area contributed by atoms with Crippen molar-refractivity contribution in [1.29, 1.82) is 0 Å². The summed E-state index contributed by atoms with van der Waals surface area (Å²) in [6.07, 6.45) is 5.46. The van der Waals surface area contributed by atoms with Crippen LogP contribution in [0.15, 0.2) is 40.9 Å². The third-order valence-electron chi connectivity index (χ3n) is 6.65. The number of nitrogens with zero attached hydrogens (tertiary/aromatic N) is 4. The highest BCUT2D eigenvalue weighted by Gasteiger charge is 2.19. The summed E-state index contributed by atoms with van der Waals surface area (Å²) < 4.78 is 14.5. The van der Waals surface area contributed by atoms with Crippen molar-refractivity contribution in [1.82, 2.24) is 19.4 Å². The normalized spacial score (nSPS) is 11.5. The van der Waals surface area contributed by atoms with Crippen molar-refractivity contribution < 1.29 is 9.47 Å². The van der Waals surface area contributed by atoms with Gasteiger partial charge in [-0.25, -0.2) is 9.97 Å². The van der Waals surface area contributed by atoms with Gasteiger partial charge in [0.05, 0.1) is 25.3 Å². The van der Waals surface area contributed by atoms with Crippen LogP contribution in [0.25, 0.3) is 21.9 Å². The van der Waals surface area contributed by atoms with Crippen molar-refractivity contribution in [2.45, 2.75) is 52.1 Å². The Morgan fingerprint density at radius 1 is 1.00 bits per heavy atom. The van der Waals surface area contributed by atoms with Gasteiger partial charge in [0.25, 0.3) is 0 Å². The Bertz CT molecular complexity index is 1350. The zero-order valence-corrected chi connectivity index (χ0v) is 24.2. The van der Waals surface area contributed by atoms with Gasteiger partial charge in [-0.1, -0.05) is 29.3 Å². The summed E-state index contributed by atoms with van der Waals surface area (Å²) in [5.74, 6) is 3.49. The summed E-state index contributed by atoms with van der Waals surface area (Å²) in [6.45, 7) is 4.83. The molecule has 0 spiro atoms. The van der Waals surface area contributed by atoms with E-state index >= 15 is 0 Å². The predicted octanol–water partition coefficient (Wildman–Crippen LogP) is 6.66. The van der Waals surface area contributed by atoms with Gasteiger partial charge in [0.2, 0.25) is 0 Å². The third kappa shape index (κ3) is 6.36. The van der Waals surface area contributed by atoms with E-state index in [9.17, 15) is 0 Å². The quantitative estimate of drug-likeness (QED) is 0.182. The molecule has 0 saturated heterocycles. The van der Waals surface area contributed by atoms with E-state index in [0.717, 1.165) is 100 Å². The molecule has 0 aliphatic carbocycles. The topological polar surface area (TPSA) is 64.4 Å². The summed E-state index contributed by atoms with van der Waals surface area (Å²) in [5.41, 5.74) is 4.07. The summed E-state index contributed by atoms with van der Waals surface area (Å²) in [6, 6.07) is 12.2. The van der Waals surface area contributed by atoms with E-state index in [4.69, 9.17) is 19.4 Å². The van der Waals surface area contributed by atoms with Crippen molar-refractivity contribution in [3.05, 3.63) is 52.3 Å². The molecule has 4 rings (SSSR count). The number of hydrogen-bond donors (Lipinski definition) is 1. The van der Waals surface area contributed by atoms with E-state index in [1.807, 2.05) is 24.3 Å². The number of imidazole rings is 1. The number of benzene rings is 2. The number of halogens is 1. The number of anilines is 1. The average molecular weight is 569 g/mol. The minimum absolute atomic E-state index is 0.567. The number of ether oxygens (including phenoxy) is 2. The molecule has 2 heterocycles. The Hall–Kier alpha value is -2.84. The standard InChI is InChI=1S/C29H38BrN5O2/c1-6-7-10-26-33-27-28(35(26)16-9-8-15-34(2)3)23-17-21(30)12-14-24(23)32-29(27)31-19-20-11-13-22(36-4)18-25(20)37-5/h11-14,17-18H,6-10,15-16,19H2,1-5H3,(H,31,32). The molecule has 4 aromatic rings. The van der Waals surface area contributed by atoms with Crippen molar-refractivity contribution in [3.8, 4) is 11.5 Å². The van der Waals surface area contributed by atoms with E-state index in [1.165, 1.54) is 0 Å². The first-order chi connectivity index (χ1) is 17.9. The Morgan fingerprint density at radius 2 is 1.84 bits per heavy atom. The molecule has 0 saturated carbocycles. The molecule has 0 aliphatic rings. The van der Waals surface area contributed by atoms with Crippen LogP contribution in [0, 0.1) is 0 Å². The molecule has 0 radical (unpaired) electrons. The van der Waals surface area contributed by atoms with Gasteiger partial charge >= 0.3 is 0 Å². The molecule has 37 heavy (non-hydrogen) atoms. The summed E-state index contributed by atoms with van der Waals surface area (Å²) >= 11 is 3.68. The van der Waals surface area contributed by atoms with Crippen LogP contribution in [0.4, 0.5) is 5.82 Å². The van der Waals surface area contributed by atoms with Gasteiger partial charge in [-0.05, 0) is 70.2 Å². The third-order valence-corrected chi connectivity index (χ3v) is 7.14. The molecule has 0 fully saturated rings. The summed E-state index contributed by atoms with van der Waals surface area (Å²) in [7, 11) is 7.60. The Balaban J connectivity index is 1.78. The molecular weight excluding hydrogens is 530 g/mol. The highest BCUT2D eigenvalue weighted by atomic mass is 79.9. The lowest BCUT2D eigenvalue weighted by Gasteiger charge is -2.14. The molecule has 0 bridgehead atoms. The number of methoxy groups -OCH3 is 2. The molecule has 198 valence electrons. The van der Waals surface area contributed by atoms with Gasteiger partial charge in [0.15, 0.2) is 5.82 Å². The number of pyridine rings is 1. The van der Waals surface area contributed by atoms with Crippen LogP contribution in [0.2, 0.25) is 0 Å². The Kier molecular flexibility index (Phi) is 9.27. The first-order valence-corrected chi connectivity index (χ1v) is 13.8. The van der Waals surface area contributed by atoms with Gasteiger partial charge in [0.1, 0.15) is 22.8 Å². The maximum Gasteiger partial charge on any atom is 0.155 e. The SMILES string of the molecule is CCCCc1nc2c(NCc3ccc(OC)cc3OC)nc3ccc(Br)cc3c2n1CCCCN(C)C. The largest absolute Gasteiger partial charge is 0.497 e. The average Bonchev–Trinajstić information content (AvgIpc) is 3.27. The molecular formula is C29H38BrN5O2. The number of rotatable bonds is 13. The van der Waals surface area contributed by atoms with Crippen molar-refractivity contribution in [2.24, 2.45) is 0 Å². The number of aromatic nitrogens is 3. The number of hydrogen-bond acceptors (Lipinski definition) is 6. The molecule has 2 aromatic carbocycles. The van der Waals surface area contributed by atoms with Crippen LogP contribution in [0.3, 0.4) is 0 Å². The van der Waals surface area contributed by atoms with Crippen LogP contribution in [-0.2, 0) is 19.5 Å². The van der Waals surface area contributed by atoms with E-state index in [2.05, 4.69) is 63.9 Å². The molecule has 0 atom stereocenters. The molecule has 0 unspecified atom stereocenters. The maximum absolute atomic E-state index is 5.62. The highest BCUT2D eigenvalue weighted by molar-refractivity contribution is 9.10. The van der Waals surface area contributed by atoms with Crippen molar-refractivity contribution >= 4 is 43.7 Å². The predicted molar refractivity (Wildman–Crippen MR) is 156 cm³/mol. The summed E-state index contributed by atoms with van der Waals surface area (Å²) in [5, 5.41) is 4.70. The van der Waals surface area contributed by atoms with Gasteiger partial charge in [-0.15, -0.1) is 0 Å². The highest BCUT2D eigenvalue weighted by Crippen LogP contribution is 2.33. The first-order valence-electron chi connectivity index (χ1n) is 13.0. The van der Waals surface area contributed by atoms with E-state index < -0.39 is 0 Å². The van der Waals surface area contributed by atoms with Crippen molar-refractivity contribution in [3.63, 3.8) is 0 Å². The molecule has 0 amide bonds. The van der Waals surface area contributed by atoms with Crippen LogP contribution in [0.5, 0.6) is 11.5 Å². The van der Waals surface area contributed by atoms with E-state index in [0.29, 0.717) is 6.54 Å². The monoisotopic (exact) mass is 567 g/mol. The Morgan fingerprint density at radius 3 is 2.57 bits per heavy atom.